The summed E-state index contributed by atoms with van der Waals surface area (Å²) in [6, 6.07) is 5.29. The van der Waals surface area contributed by atoms with E-state index in [1.807, 2.05) is 0 Å². The molecule has 0 amide bonds. The molecule has 0 aliphatic rings. The van der Waals surface area contributed by atoms with E-state index in [1.165, 1.54) is 14.2 Å². The monoisotopic (exact) mass is 222 g/mol. The Morgan fingerprint density at radius 1 is 1.25 bits per heavy atom. The molecule has 0 N–H and O–H groups in total. The number of ketones is 1. The Labute approximate surface area is 94.2 Å². The molecular weight excluding hydrogens is 208 g/mol. The van der Waals surface area contributed by atoms with Crippen molar-refractivity contribution in [1.82, 2.24) is 0 Å². The third-order valence-corrected chi connectivity index (χ3v) is 2.27. The number of hydrogen-bond acceptors (Lipinski definition) is 4. The first-order valence-electron chi connectivity index (χ1n) is 4.83. The van der Waals surface area contributed by atoms with E-state index in [4.69, 9.17) is 4.74 Å². The summed E-state index contributed by atoms with van der Waals surface area (Å²) in [5, 5.41) is 0. The van der Waals surface area contributed by atoms with Gasteiger partial charge in [-0.05, 0) is 18.6 Å². The predicted molar refractivity (Wildman–Crippen MR) is 58.7 cm³/mol. The summed E-state index contributed by atoms with van der Waals surface area (Å²) in [6.45, 7) is 1.80. The molecule has 0 aliphatic heterocycles. The van der Waals surface area contributed by atoms with Gasteiger partial charge in [-0.2, -0.15) is 0 Å². The molecule has 0 aliphatic carbocycles. The zero-order valence-corrected chi connectivity index (χ0v) is 9.57. The molecule has 0 spiro atoms. The number of rotatable bonds is 4. The molecule has 0 heterocycles. The molecule has 0 unspecified atom stereocenters. The summed E-state index contributed by atoms with van der Waals surface area (Å²) in [6.07, 6.45) is -0.266. The summed E-state index contributed by atoms with van der Waals surface area (Å²) < 4.78 is 9.54. The predicted octanol–water partition coefficient (Wildman–Crippen LogP) is 1.75. The average Bonchev–Trinajstić information content (AvgIpc) is 2.28. The Morgan fingerprint density at radius 3 is 2.50 bits per heavy atom. The van der Waals surface area contributed by atoms with Crippen LogP contribution in [-0.2, 0) is 9.53 Å². The van der Waals surface area contributed by atoms with Gasteiger partial charge in [-0.25, -0.2) is 0 Å². The van der Waals surface area contributed by atoms with Crippen LogP contribution in [0.5, 0.6) is 5.75 Å². The third-order valence-electron chi connectivity index (χ3n) is 2.27. The third kappa shape index (κ3) is 2.59. The molecule has 1 rings (SSSR count). The van der Waals surface area contributed by atoms with Crippen LogP contribution >= 0.6 is 0 Å². The molecule has 0 aromatic heterocycles. The highest BCUT2D eigenvalue weighted by molar-refractivity contribution is 6.08. The number of hydrogen-bond donors (Lipinski definition) is 0. The van der Waals surface area contributed by atoms with Crippen molar-refractivity contribution in [3.05, 3.63) is 29.3 Å². The lowest BCUT2D eigenvalue weighted by atomic mass is 10.0. The summed E-state index contributed by atoms with van der Waals surface area (Å²) >= 11 is 0. The molecular formula is C12H14O4. The van der Waals surface area contributed by atoms with E-state index in [1.54, 1.807) is 25.1 Å². The fraction of sp³-hybridized carbons (Fsp3) is 0.333. The minimum absolute atomic E-state index is 0.266. The molecule has 0 fully saturated rings. The van der Waals surface area contributed by atoms with Crippen LogP contribution < -0.4 is 4.74 Å². The van der Waals surface area contributed by atoms with Crippen LogP contribution in [0.2, 0.25) is 0 Å². The minimum Gasteiger partial charge on any atom is -0.496 e. The molecule has 0 atom stereocenters. The van der Waals surface area contributed by atoms with Crippen LogP contribution in [0.15, 0.2) is 18.2 Å². The van der Waals surface area contributed by atoms with Gasteiger partial charge in [0.1, 0.15) is 12.2 Å². The second kappa shape index (κ2) is 5.30. The van der Waals surface area contributed by atoms with E-state index >= 15 is 0 Å². The van der Waals surface area contributed by atoms with Gasteiger partial charge >= 0.3 is 5.97 Å². The van der Waals surface area contributed by atoms with Crippen molar-refractivity contribution in [2.24, 2.45) is 0 Å². The zero-order valence-electron chi connectivity index (χ0n) is 9.57. The van der Waals surface area contributed by atoms with Gasteiger partial charge in [0.25, 0.3) is 0 Å². The highest BCUT2D eigenvalue weighted by atomic mass is 16.5. The zero-order chi connectivity index (χ0) is 12.1. The van der Waals surface area contributed by atoms with Gasteiger partial charge in [0.05, 0.1) is 19.8 Å². The van der Waals surface area contributed by atoms with Crippen LogP contribution in [0.25, 0.3) is 0 Å². The van der Waals surface area contributed by atoms with E-state index in [-0.39, 0.29) is 12.2 Å². The van der Waals surface area contributed by atoms with E-state index in [9.17, 15) is 9.59 Å². The summed E-state index contributed by atoms with van der Waals surface area (Å²) in [5.41, 5.74) is 1.23. The lowest BCUT2D eigenvalue weighted by molar-refractivity contribution is -0.139. The topological polar surface area (TPSA) is 52.6 Å². The van der Waals surface area contributed by atoms with E-state index in [0.717, 1.165) is 5.56 Å². The first kappa shape index (κ1) is 12.2. The molecule has 1 aromatic rings. The quantitative estimate of drug-likeness (QED) is 0.442. The lowest BCUT2D eigenvalue weighted by Crippen LogP contribution is -2.11. The van der Waals surface area contributed by atoms with E-state index in [0.29, 0.717) is 11.3 Å². The molecule has 4 heteroatoms. The number of ether oxygens (including phenoxy) is 2. The van der Waals surface area contributed by atoms with Crippen molar-refractivity contribution in [3.8, 4) is 5.75 Å². The van der Waals surface area contributed by atoms with E-state index < -0.39 is 5.97 Å². The second-order valence-electron chi connectivity index (χ2n) is 3.33. The van der Waals surface area contributed by atoms with Gasteiger partial charge in [-0.3, -0.25) is 9.59 Å². The summed E-state index contributed by atoms with van der Waals surface area (Å²) in [7, 11) is 2.74. The van der Waals surface area contributed by atoms with Crippen LogP contribution in [0.1, 0.15) is 22.3 Å². The van der Waals surface area contributed by atoms with Crippen LogP contribution in [0, 0.1) is 6.92 Å². The van der Waals surface area contributed by atoms with Gasteiger partial charge in [0.2, 0.25) is 0 Å². The SMILES string of the molecule is COC(=O)CC(=O)c1c(C)cccc1OC. The average molecular weight is 222 g/mol. The van der Waals surface area contributed by atoms with Crippen molar-refractivity contribution >= 4 is 11.8 Å². The first-order chi connectivity index (χ1) is 7.60. The Bertz CT molecular complexity index is 409. The molecule has 0 saturated carbocycles. The maximum absolute atomic E-state index is 11.8. The molecule has 1 aromatic carbocycles. The van der Waals surface area contributed by atoms with E-state index in [2.05, 4.69) is 4.74 Å². The highest BCUT2D eigenvalue weighted by Gasteiger charge is 2.18. The number of aryl methyl sites for hydroxylation is 1. The van der Waals surface area contributed by atoms with Crippen molar-refractivity contribution < 1.29 is 19.1 Å². The Morgan fingerprint density at radius 2 is 1.94 bits per heavy atom. The standard InChI is InChI=1S/C12H14O4/c1-8-5-4-6-10(15-2)12(8)9(13)7-11(14)16-3/h4-6H,7H2,1-3H3. The number of Topliss-reactive ketones (excluding diaryl/α,β-unsaturated/α-hetero) is 1. The number of esters is 1. The molecule has 0 bridgehead atoms. The summed E-state index contributed by atoms with van der Waals surface area (Å²) in [5.74, 6) is -0.356. The second-order valence-corrected chi connectivity index (χ2v) is 3.33. The fourth-order valence-corrected chi connectivity index (χ4v) is 1.46. The summed E-state index contributed by atoms with van der Waals surface area (Å²) in [4.78, 5) is 22.9. The minimum atomic E-state index is -0.546. The highest BCUT2D eigenvalue weighted by Crippen LogP contribution is 2.23. The van der Waals surface area contributed by atoms with Gasteiger partial charge in [-0.15, -0.1) is 0 Å². The number of methoxy groups -OCH3 is 2. The Balaban J connectivity index is 3.02. The van der Waals surface area contributed by atoms with Crippen molar-refractivity contribution in [2.45, 2.75) is 13.3 Å². The van der Waals surface area contributed by atoms with Crippen LogP contribution in [0.4, 0.5) is 0 Å². The Kier molecular flexibility index (Phi) is 4.05. The van der Waals surface area contributed by atoms with Crippen LogP contribution in [0.3, 0.4) is 0 Å². The van der Waals surface area contributed by atoms with Gasteiger partial charge < -0.3 is 9.47 Å². The van der Waals surface area contributed by atoms with Crippen LogP contribution in [-0.4, -0.2) is 26.0 Å². The Hall–Kier alpha value is -1.84. The largest absolute Gasteiger partial charge is 0.496 e. The first-order valence-corrected chi connectivity index (χ1v) is 4.83. The molecule has 86 valence electrons. The van der Waals surface area contributed by atoms with Gasteiger partial charge in [-0.1, -0.05) is 12.1 Å². The lowest BCUT2D eigenvalue weighted by Gasteiger charge is -2.09. The van der Waals surface area contributed by atoms with Gasteiger partial charge in [0.15, 0.2) is 5.78 Å². The van der Waals surface area contributed by atoms with Gasteiger partial charge in [0, 0.05) is 0 Å². The number of benzene rings is 1. The van der Waals surface area contributed by atoms with Crippen molar-refractivity contribution in [2.75, 3.05) is 14.2 Å². The van der Waals surface area contributed by atoms with Crippen molar-refractivity contribution in [1.29, 1.82) is 0 Å². The molecule has 0 saturated heterocycles. The number of carbonyl (C=O) groups is 2. The molecule has 0 radical (unpaired) electrons. The fourth-order valence-electron chi connectivity index (χ4n) is 1.46. The van der Waals surface area contributed by atoms with Crippen molar-refractivity contribution in [3.63, 3.8) is 0 Å². The maximum atomic E-state index is 11.8. The number of carbonyl (C=O) groups excluding carboxylic acids is 2. The molecule has 16 heavy (non-hydrogen) atoms. The normalized spacial score (nSPS) is 9.69. The smallest absolute Gasteiger partial charge is 0.313 e. The maximum Gasteiger partial charge on any atom is 0.313 e. The molecule has 4 nitrogen and oxygen atoms in total.